The van der Waals surface area contributed by atoms with E-state index in [1.54, 1.807) is 6.92 Å². The van der Waals surface area contributed by atoms with Crippen molar-refractivity contribution in [1.29, 1.82) is 0 Å². The van der Waals surface area contributed by atoms with Crippen molar-refractivity contribution in [1.82, 2.24) is 10.6 Å². The van der Waals surface area contributed by atoms with Gasteiger partial charge in [-0.2, -0.15) is 0 Å². The molecule has 2 unspecified atom stereocenters. The highest BCUT2D eigenvalue weighted by Gasteiger charge is 2.16. The Morgan fingerprint density at radius 3 is 2.65 bits per heavy atom. The number of carbonyl (C=O) groups is 2. The molecule has 0 spiro atoms. The molecule has 0 radical (unpaired) electrons. The van der Waals surface area contributed by atoms with Gasteiger partial charge in [0.1, 0.15) is 0 Å². The summed E-state index contributed by atoms with van der Waals surface area (Å²) in [6, 6.07) is 7.13. The monoisotopic (exact) mass is 342 g/mol. The molecule has 5 nitrogen and oxygen atoms in total. The van der Waals surface area contributed by atoms with Crippen molar-refractivity contribution >= 4 is 27.9 Å². The smallest absolute Gasteiger partial charge is 0.315 e. The summed E-state index contributed by atoms with van der Waals surface area (Å²) in [6.07, 6.45) is 0.483. The number of nitrogens with one attached hydrogen (secondary N) is 2. The zero-order valence-electron chi connectivity index (χ0n) is 11.5. The number of rotatable bonds is 6. The Bertz CT molecular complexity index is 479. The van der Waals surface area contributed by atoms with Crippen LogP contribution in [0, 0.1) is 5.92 Å². The fourth-order valence-corrected chi connectivity index (χ4v) is 2.15. The summed E-state index contributed by atoms with van der Waals surface area (Å²) in [6.45, 7) is 3.78. The van der Waals surface area contributed by atoms with E-state index in [0.29, 0.717) is 6.42 Å². The first-order chi connectivity index (χ1) is 9.43. The third-order valence-electron chi connectivity index (χ3n) is 3.05. The minimum atomic E-state index is -0.896. The van der Waals surface area contributed by atoms with Crippen LogP contribution in [0.3, 0.4) is 0 Å². The van der Waals surface area contributed by atoms with E-state index in [9.17, 15) is 9.59 Å². The van der Waals surface area contributed by atoms with Crippen LogP contribution in [0.25, 0.3) is 0 Å². The molecule has 110 valence electrons. The van der Waals surface area contributed by atoms with Gasteiger partial charge in [-0.25, -0.2) is 4.79 Å². The molecule has 0 bridgehead atoms. The number of carboxylic acids is 1. The van der Waals surface area contributed by atoms with Gasteiger partial charge < -0.3 is 15.7 Å². The number of amides is 2. The lowest BCUT2D eigenvalue weighted by Gasteiger charge is -2.17. The quantitative estimate of drug-likeness (QED) is 0.743. The number of hydrogen-bond acceptors (Lipinski definition) is 2. The van der Waals surface area contributed by atoms with Crippen molar-refractivity contribution < 1.29 is 14.7 Å². The minimum absolute atomic E-state index is 0.128. The van der Waals surface area contributed by atoms with Crippen molar-refractivity contribution in [3.8, 4) is 0 Å². The molecule has 1 aromatic carbocycles. The zero-order valence-corrected chi connectivity index (χ0v) is 13.1. The van der Waals surface area contributed by atoms with Gasteiger partial charge in [0.2, 0.25) is 0 Å². The Balaban J connectivity index is 2.48. The van der Waals surface area contributed by atoms with Crippen molar-refractivity contribution in [3.63, 3.8) is 0 Å². The van der Waals surface area contributed by atoms with E-state index in [1.165, 1.54) is 0 Å². The number of carbonyl (C=O) groups excluding carboxylic acids is 1. The van der Waals surface area contributed by atoms with Gasteiger partial charge in [0.15, 0.2) is 0 Å². The van der Waals surface area contributed by atoms with Gasteiger partial charge in [-0.1, -0.05) is 35.0 Å². The second-order valence-electron chi connectivity index (χ2n) is 4.57. The Labute approximate surface area is 126 Å². The summed E-state index contributed by atoms with van der Waals surface area (Å²) >= 11 is 3.38. The SMILES string of the molecule is CCC(CNC(=O)NC(C)c1cccc(Br)c1)C(=O)O. The van der Waals surface area contributed by atoms with Crippen molar-refractivity contribution in [2.75, 3.05) is 6.54 Å². The maximum Gasteiger partial charge on any atom is 0.315 e. The predicted molar refractivity (Wildman–Crippen MR) is 80.5 cm³/mol. The molecule has 0 saturated heterocycles. The number of benzene rings is 1. The third kappa shape index (κ3) is 5.21. The van der Waals surface area contributed by atoms with Crippen LogP contribution in [-0.4, -0.2) is 23.7 Å². The maximum atomic E-state index is 11.7. The average Bonchev–Trinajstić information content (AvgIpc) is 2.38. The molecule has 1 aromatic rings. The minimum Gasteiger partial charge on any atom is -0.481 e. The summed E-state index contributed by atoms with van der Waals surface area (Å²) in [7, 11) is 0. The largest absolute Gasteiger partial charge is 0.481 e. The Morgan fingerprint density at radius 1 is 1.40 bits per heavy atom. The Hall–Kier alpha value is -1.56. The van der Waals surface area contributed by atoms with Crippen LogP contribution < -0.4 is 10.6 Å². The molecule has 0 aliphatic heterocycles. The molecule has 20 heavy (non-hydrogen) atoms. The molecular weight excluding hydrogens is 324 g/mol. The van der Waals surface area contributed by atoms with Gasteiger partial charge in [-0.05, 0) is 31.0 Å². The van der Waals surface area contributed by atoms with Gasteiger partial charge in [0, 0.05) is 11.0 Å². The molecular formula is C14H19BrN2O3. The first kappa shape index (κ1) is 16.5. The van der Waals surface area contributed by atoms with Crippen LogP contribution in [0.4, 0.5) is 4.79 Å². The molecule has 6 heteroatoms. The third-order valence-corrected chi connectivity index (χ3v) is 3.54. The molecule has 2 amide bonds. The molecule has 1 rings (SSSR count). The molecule has 0 aromatic heterocycles. The number of halogens is 1. The van der Waals surface area contributed by atoms with E-state index in [1.807, 2.05) is 31.2 Å². The standard InChI is InChI=1S/C14H19BrN2O3/c1-3-10(13(18)19)8-16-14(20)17-9(2)11-5-4-6-12(15)7-11/h4-7,9-10H,3,8H2,1-2H3,(H,18,19)(H2,16,17,20). The summed E-state index contributed by atoms with van der Waals surface area (Å²) in [5.74, 6) is -1.45. The van der Waals surface area contributed by atoms with E-state index in [0.717, 1.165) is 10.0 Å². The van der Waals surface area contributed by atoms with Crippen LogP contribution in [0.15, 0.2) is 28.7 Å². The molecule has 0 aliphatic carbocycles. The lowest BCUT2D eigenvalue weighted by molar-refractivity contribution is -0.141. The number of hydrogen-bond donors (Lipinski definition) is 3. The van der Waals surface area contributed by atoms with Gasteiger partial charge in [-0.3, -0.25) is 4.79 Å². The fraction of sp³-hybridized carbons (Fsp3) is 0.429. The lowest BCUT2D eigenvalue weighted by Crippen LogP contribution is -2.40. The number of urea groups is 1. The van der Waals surface area contributed by atoms with E-state index in [2.05, 4.69) is 26.6 Å². The predicted octanol–water partition coefficient (Wildman–Crippen LogP) is 2.92. The topological polar surface area (TPSA) is 78.4 Å². The number of aliphatic carboxylic acids is 1. The van der Waals surface area contributed by atoms with Gasteiger partial charge in [0.25, 0.3) is 0 Å². The summed E-state index contributed by atoms with van der Waals surface area (Å²) in [5.41, 5.74) is 0.972. The van der Waals surface area contributed by atoms with Crippen LogP contribution >= 0.6 is 15.9 Å². The molecule has 0 fully saturated rings. The molecule has 0 heterocycles. The van der Waals surface area contributed by atoms with Gasteiger partial charge in [-0.15, -0.1) is 0 Å². The highest BCUT2D eigenvalue weighted by molar-refractivity contribution is 9.10. The normalized spacial score (nSPS) is 13.3. The summed E-state index contributed by atoms with van der Waals surface area (Å²) in [5, 5.41) is 14.3. The maximum absolute atomic E-state index is 11.7. The summed E-state index contributed by atoms with van der Waals surface area (Å²) in [4.78, 5) is 22.6. The van der Waals surface area contributed by atoms with Crippen LogP contribution in [0.2, 0.25) is 0 Å². The highest BCUT2D eigenvalue weighted by atomic mass is 79.9. The van der Waals surface area contributed by atoms with Crippen LogP contribution in [-0.2, 0) is 4.79 Å². The Kier molecular flexibility index (Phi) is 6.51. The van der Waals surface area contributed by atoms with E-state index < -0.39 is 11.9 Å². The highest BCUT2D eigenvalue weighted by Crippen LogP contribution is 2.17. The molecule has 3 N–H and O–H groups in total. The van der Waals surface area contributed by atoms with Gasteiger partial charge in [0.05, 0.1) is 12.0 Å². The molecule has 0 aliphatic rings. The van der Waals surface area contributed by atoms with E-state index in [4.69, 9.17) is 5.11 Å². The number of carboxylic acid groups (broad SMARTS) is 1. The first-order valence-electron chi connectivity index (χ1n) is 6.46. The second-order valence-corrected chi connectivity index (χ2v) is 5.49. The van der Waals surface area contributed by atoms with Crippen LogP contribution in [0.1, 0.15) is 31.9 Å². The van der Waals surface area contributed by atoms with E-state index in [-0.39, 0.29) is 18.6 Å². The molecule has 2 atom stereocenters. The van der Waals surface area contributed by atoms with Crippen LogP contribution in [0.5, 0.6) is 0 Å². The Morgan fingerprint density at radius 2 is 2.10 bits per heavy atom. The van der Waals surface area contributed by atoms with Crippen molar-refractivity contribution in [3.05, 3.63) is 34.3 Å². The lowest BCUT2D eigenvalue weighted by atomic mass is 10.1. The second kappa shape index (κ2) is 7.89. The van der Waals surface area contributed by atoms with Crippen molar-refractivity contribution in [2.45, 2.75) is 26.3 Å². The van der Waals surface area contributed by atoms with Crippen molar-refractivity contribution in [2.24, 2.45) is 5.92 Å². The molecule has 0 saturated carbocycles. The van der Waals surface area contributed by atoms with Gasteiger partial charge >= 0.3 is 12.0 Å². The van der Waals surface area contributed by atoms with E-state index >= 15 is 0 Å². The average molecular weight is 343 g/mol. The fourth-order valence-electron chi connectivity index (χ4n) is 1.73. The first-order valence-corrected chi connectivity index (χ1v) is 7.26. The summed E-state index contributed by atoms with van der Waals surface area (Å²) < 4.78 is 0.945. The zero-order chi connectivity index (χ0) is 15.1.